The number of carbonyl (C=O) groups is 1. The van der Waals surface area contributed by atoms with Crippen LogP contribution in [0.3, 0.4) is 0 Å². The van der Waals surface area contributed by atoms with Gasteiger partial charge in [-0.2, -0.15) is 0 Å². The van der Waals surface area contributed by atoms with Gasteiger partial charge in [0.2, 0.25) is 0 Å². The van der Waals surface area contributed by atoms with Gasteiger partial charge in [0.15, 0.2) is 5.82 Å². The third-order valence-electron chi connectivity index (χ3n) is 3.52. The number of halogens is 2. The lowest BCUT2D eigenvalue weighted by Gasteiger charge is -2.26. The minimum atomic E-state index is -0.769. The molecule has 5 nitrogen and oxygen atoms in total. The van der Waals surface area contributed by atoms with E-state index in [-0.39, 0.29) is 17.2 Å². The minimum absolute atomic E-state index is 0.0858. The van der Waals surface area contributed by atoms with E-state index in [9.17, 15) is 9.18 Å². The molecule has 0 saturated carbocycles. The van der Waals surface area contributed by atoms with Gasteiger partial charge < -0.3 is 15.0 Å². The number of nitrogens with zero attached hydrogens (tertiary/aromatic N) is 1. The molecule has 2 N–H and O–H groups in total. The molecule has 1 aliphatic rings. The molecule has 1 aromatic carbocycles. The lowest BCUT2D eigenvalue weighted by Crippen LogP contribution is -2.47. The van der Waals surface area contributed by atoms with E-state index in [1.807, 2.05) is 0 Å². The average Bonchev–Trinajstić information content (AvgIpc) is 3.13. The number of benzene rings is 1. The third kappa shape index (κ3) is 2.52. The van der Waals surface area contributed by atoms with Gasteiger partial charge >= 0.3 is 0 Å². The first-order chi connectivity index (χ1) is 10.1. The van der Waals surface area contributed by atoms with Gasteiger partial charge in [0.05, 0.1) is 17.2 Å². The van der Waals surface area contributed by atoms with Crippen molar-refractivity contribution in [1.29, 1.82) is 0 Å². The number of imidazole rings is 1. The highest BCUT2D eigenvalue weighted by molar-refractivity contribution is 6.31. The number of amides is 1. The van der Waals surface area contributed by atoms with Crippen LogP contribution < -0.4 is 5.32 Å². The van der Waals surface area contributed by atoms with E-state index in [4.69, 9.17) is 16.3 Å². The van der Waals surface area contributed by atoms with Crippen molar-refractivity contribution in [3.8, 4) is 0 Å². The van der Waals surface area contributed by atoms with Gasteiger partial charge in [-0.15, -0.1) is 0 Å². The van der Waals surface area contributed by atoms with E-state index in [0.29, 0.717) is 18.9 Å². The van der Waals surface area contributed by atoms with Gasteiger partial charge in [0.25, 0.3) is 5.91 Å². The van der Waals surface area contributed by atoms with Crippen LogP contribution in [-0.2, 0) is 10.3 Å². The average molecular weight is 310 g/mol. The standard InChI is InChI=1S/C14H13ClFN3O2/c15-10-3-1-2-9(11(10)16)12(20)19-14(4-7-21-8-14)13-17-5-6-18-13/h1-3,5-6H,4,7-8H2,(H,17,18)(H,19,20). The molecular weight excluding hydrogens is 297 g/mol. The lowest BCUT2D eigenvalue weighted by molar-refractivity contribution is 0.0865. The molecule has 110 valence electrons. The zero-order valence-corrected chi connectivity index (χ0v) is 11.8. The second-order valence-electron chi connectivity index (χ2n) is 4.88. The fourth-order valence-electron chi connectivity index (χ4n) is 2.40. The summed E-state index contributed by atoms with van der Waals surface area (Å²) in [6.45, 7) is 0.785. The highest BCUT2D eigenvalue weighted by Crippen LogP contribution is 2.29. The molecular formula is C14H13ClFN3O2. The van der Waals surface area contributed by atoms with Gasteiger partial charge in [0.1, 0.15) is 11.4 Å². The Kier molecular flexibility index (Phi) is 3.65. The van der Waals surface area contributed by atoms with E-state index in [1.54, 1.807) is 12.4 Å². The Labute approximate surface area is 125 Å². The quantitative estimate of drug-likeness (QED) is 0.914. The summed E-state index contributed by atoms with van der Waals surface area (Å²) < 4.78 is 19.3. The van der Waals surface area contributed by atoms with Crippen LogP contribution in [0.4, 0.5) is 4.39 Å². The molecule has 3 rings (SSSR count). The molecule has 0 aliphatic carbocycles. The normalized spacial score (nSPS) is 21.4. The first-order valence-corrected chi connectivity index (χ1v) is 6.84. The van der Waals surface area contributed by atoms with Crippen LogP contribution in [0, 0.1) is 5.82 Å². The number of H-pyrrole nitrogens is 1. The van der Waals surface area contributed by atoms with Crippen molar-refractivity contribution >= 4 is 17.5 Å². The van der Waals surface area contributed by atoms with Crippen molar-refractivity contribution < 1.29 is 13.9 Å². The van der Waals surface area contributed by atoms with Gasteiger partial charge in [-0.25, -0.2) is 9.37 Å². The predicted molar refractivity (Wildman–Crippen MR) is 74.6 cm³/mol. The molecule has 21 heavy (non-hydrogen) atoms. The van der Waals surface area contributed by atoms with Crippen molar-refractivity contribution in [3.63, 3.8) is 0 Å². The van der Waals surface area contributed by atoms with Crippen LogP contribution in [0.5, 0.6) is 0 Å². The first kappa shape index (κ1) is 14.0. The van der Waals surface area contributed by atoms with Crippen LogP contribution in [0.1, 0.15) is 22.6 Å². The van der Waals surface area contributed by atoms with Gasteiger partial charge in [-0.3, -0.25) is 4.79 Å². The molecule has 1 fully saturated rings. The summed E-state index contributed by atoms with van der Waals surface area (Å²) in [5.74, 6) is -0.683. The number of ether oxygens (including phenoxy) is 1. The number of hydrogen-bond donors (Lipinski definition) is 2. The Balaban J connectivity index is 1.90. The monoisotopic (exact) mass is 309 g/mol. The maximum absolute atomic E-state index is 13.9. The largest absolute Gasteiger partial charge is 0.378 e. The molecule has 1 aromatic heterocycles. The first-order valence-electron chi connectivity index (χ1n) is 6.46. The molecule has 0 spiro atoms. The maximum Gasteiger partial charge on any atom is 0.255 e. The summed E-state index contributed by atoms with van der Waals surface area (Å²) >= 11 is 5.71. The summed E-state index contributed by atoms with van der Waals surface area (Å²) in [4.78, 5) is 19.5. The van der Waals surface area contributed by atoms with Crippen LogP contribution in [0.25, 0.3) is 0 Å². The summed E-state index contributed by atoms with van der Waals surface area (Å²) in [7, 11) is 0. The second-order valence-corrected chi connectivity index (χ2v) is 5.29. The Morgan fingerprint density at radius 1 is 1.52 bits per heavy atom. The molecule has 7 heteroatoms. The number of nitrogens with one attached hydrogen (secondary N) is 2. The molecule has 1 unspecified atom stereocenters. The van der Waals surface area contributed by atoms with E-state index < -0.39 is 17.3 Å². The second kappa shape index (κ2) is 5.46. The molecule has 2 aromatic rings. The van der Waals surface area contributed by atoms with Crippen molar-refractivity contribution in [3.05, 3.63) is 52.8 Å². The molecule has 1 saturated heterocycles. The van der Waals surface area contributed by atoms with E-state index in [1.165, 1.54) is 18.2 Å². The lowest BCUT2D eigenvalue weighted by atomic mass is 9.97. The fraction of sp³-hybridized carbons (Fsp3) is 0.286. The van der Waals surface area contributed by atoms with Crippen molar-refractivity contribution in [2.24, 2.45) is 0 Å². The van der Waals surface area contributed by atoms with Crippen molar-refractivity contribution in [2.45, 2.75) is 12.0 Å². The summed E-state index contributed by atoms with van der Waals surface area (Å²) in [6, 6.07) is 4.32. The number of rotatable bonds is 3. The van der Waals surface area contributed by atoms with Crippen molar-refractivity contribution in [2.75, 3.05) is 13.2 Å². The van der Waals surface area contributed by atoms with Crippen LogP contribution in [0.15, 0.2) is 30.6 Å². The fourth-order valence-corrected chi connectivity index (χ4v) is 2.57. The van der Waals surface area contributed by atoms with E-state index >= 15 is 0 Å². The summed E-state index contributed by atoms with van der Waals surface area (Å²) in [6.07, 6.45) is 3.83. The zero-order valence-electron chi connectivity index (χ0n) is 11.0. The van der Waals surface area contributed by atoms with E-state index in [2.05, 4.69) is 15.3 Å². The molecule has 0 bridgehead atoms. The SMILES string of the molecule is O=C(NC1(c2ncc[nH]2)CCOC1)c1cccc(Cl)c1F. The van der Waals surface area contributed by atoms with Crippen LogP contribution in [-0.4, -0.2) is 29.1 Å². The van der Waals surface area contributed by atoms with E-state index in [0.717, 1.165) is 0 Å². The number of aromatic amines is 1. The Bertz CT molecular complexity index is 654. The third-order valence-corrected chi connectivity index (χ3v) is 3.81. The zero-order chi connectivity index (χ0) is 14.9. The van der Waals surface area contributed by atoms with Crippen LogP contribution >= 0.6 is 11.6 Å². The molecule has 1 amide bonds. The highest BCUT2D eigenvalue weighted by atomic mass is 35.5. The minimum Gasteiger partial charge on any atom is -0.378 e. The maximum atomic E-state index is 13.9. The highest BCUT2D eigenvalue weighted by Gasteiger charge is 2.41. The predicted octanol–water partition coefficient (Wildman–Crippen LogP) is 2.25. The smallest absolute Gasteiger partial charge is 0.255 e. The van der Waals surface area contributed by atoms with Gasteiger partial charge in [-0.05, 0) is 12.1 Å². The number of carbonyl (C=O) groups excluding carboxylic acids is 1. The molecule has 0 radical (unpaired) electrons. The summed E-state index contributed by atoms with van der Waals surface area (Å²) in [5.41, 5.74) is -0.865. The topological polar surface area (TPSA) is 67.0 Å². The van der Waals surface area contributed by atoms with Gasteiger partial charge in [-0.1, -0.05) is 17.7 Å². The molecule has 2 heterocycles. The van der Waals surface area contributed by atoms with Crippen molar-refractivity contribution in [1.82, 2.24) is 15.3 Å². The number of hydrogen-bond acceptors (Lipinski definition) is 3. The van der Waals surface area contributed by atoms with Crippen LogP contribution in [0.2, 0.25) is 5.02 Å². The summed E-state index contributed by atoms with van der Waals surface area (Å²) in [5, 5.41) is 2.74. The Morgan fingerprint density at radius 3 is 3.05 bits per heavy atom. The Hall–Kier alpha value is -1.92. The molecule has 1 aliphatic heterocycles. The number of aromatic nitrogens is 2. The Morgan fingerprint density at radius 2 is 2.38 bits per heavy atom. The van der Waals surface area contributed by atoms with Gasteiger partial charge in [0, 0.05) is 25.4 Å². The molecule has 1 atom stereocenters.